The number of halogens is 1. The quantitative estimate of drug-likeness (QED) is 0.403. The van der Waals surface area contributed by atoms with E-state index in [-0.39, 0.29) is 18.8 Å². The number of rotatable bonds is 7. The van der Waals surface area contributed by atoms with Crippen LogP contribution in [0.15, 0.2) is 47.8 Å². The van der Waals surface area contributed by atoms with E-state index in [1.807, 2.05) is 17.5 Å². The third kappa shape index (κ3) is 4.97. The van der Waals surface area contributed by atoms with Gasteiger partial charge < -0.3 is 9.47 Å². The monoisotopic (exact) mass is 415 g/mol. The zero-order valence-corrected chi connectivity index (χ0v) is 17.0. The molecule has 0 aliphatic carbocycles. The van der Waals surface area contributed by atoms with Gasteiger partial charge in [-0.25, -0.2) is 4.98 Å². The molecule has 0 radical (unpaired) electrons. The van der Waals surface area contributed by atoms with Gasteiger partial charge in [-0.1, -0.05) is 23.7 Å². The zero-order chi connectivity index (χ0) is 20.1. The Labute approximate surface area is 171 Å². The Kier molecular flexibility index (Phi) is 6.44. The zero-order valence-electron chi connectivity index (χ0n) is 15.4. The summed E-state index contributed by atoms with van der Waals surface area (Å²) in [6, 6.07) is 12.4. The number of hydrogen-bond acceptors (Lipinski definition) is 6. The maximum absolute atomic E-state index is 12.2. The maximum Gasteiger partial charge on any atom is 0.310 e. The fraction of sp³-hybridized carbons (Fsp3) is 0.190. The minimum Gasteiger partial charge on any atom is -0.496 e. The molecular weight excluding hydrogens is 398 g/mol. The minimum atomic E-state index is -0.417. The molecule has 144 valence electrons. The Morgan fingerprint density at radius 1 is 1.14 bits per heavy atom. The molecule has 0 N–H and O–H groups in total. The highest BCUT2D eigenvalue weighted by atomic mass is 35.5. The Hall–Kier alpha value is -2.70. The highest BCUT2D eigenvalue weighted by Gasteiger charge is 2.13. The largest absolute Gasteiger partial charge is 0.496 e. The summed E-state index contributed by atoms with van der Waals surface area (Å²) in [7, 11) is 1.52. The van der Waals surface area contributed by atoms with Crippen molar-refractivity contribution in [2.24, 2.45) is 0 Å². The van der Waals surface area contributed by atoms with Gasteiger partial charge in [-0.2, -0.15) is 0 Å². The molecule has 0 aliphatic rings. The number of esters is 1. The van der Waals surface area contributed by atoms with Crippen molar-refractivity contribution in [3.05, 3.63) is 69.7 Å². The number of carbonyl (C=O) groups is 2. The normalized spacial score (nSPS) is 10.5. The first kappa shape index (κ1) is 20.0. The van der Waals surface area contributed by atoms with E-state index in [1.54, 1.807) is 30.3 Å². The molecule has 0 saturated carbocycles. The molecule has 1 aromatic heterocycles. The van der Waals surface area contributed by atoms with Crippen molar-refractivity contribution in [2.45, 2.75) is 20.0 Å². The van der Waals surface area contributed by atoms with Crippen molar-refractivity contribution in [3.8, 4) is 16.3 Å². The van der Waals surface area contributed by atoms with E-state index in [1.165, 1.54) is 25.4 Å². The molecule has 0 saturated heterocycles. The maximum atomic E-state index is 12.2. The third-order valence-electron chi connectivity index (χ3n) is 4.05. The van der Waals surface area contributed by atoms with Gasteiger partial charge in [0.05, 0.1) is 19.2 Å². The third-order valence-corrected chi connectivity index (χ3v) is 5.24. The molecule has 0 atom stereocenters. The number of carbonyl (C=O) groups excluding carboxylic acids is 2. The average molecular weight is 416 g/mol. The lowest BCUT2D eigenvalue weighted by molar-refractivity contribution is -0.144. The van der Waals surface area contributed by atoms with E-state index < -0.39 is 5.97 Å². The lowest BCUT2D eigenvalue weighted by Gasteiger charge is -2.09. The van der Waals surface area contributed by atoms with Crippen LogP contribution in [0.4, 0.5) is 0 Å². The molecule has 1 heterocycles. The fourth-order valence-electron chi connectivity index (χ4n) is 2.60. The van der Waals surface area contributed by atoms with E-state index in [0.717, 1.165) is 10.6 Å². The van der Waals surface area contributed by atoms with Crippen LogP contribution in [0, 0.1) is 0 Å². The Morgan fingerprint density at radius 2 is 1.89 bits per heavy atom. The summed E-state index contributed by atoms with van der Waals surface area (Å²) in [5.41, 5.74) is 2.77. The van der Waals surface area contributed by atoms with E-state index in [0.29, 0.717) is 27.6 Å². The average Bonchev–Trinajstić information content (AvgIpc) is 3.16. The lowest BCUT2D eigenvalue weighted by Crippen LogP contribution is -2.10. The number of ketones is 1. The van der Waals surface area contributed by atoms with Gasteiger partial charge in [-0.05, 0) is 37.3 Å². The molecule has 0 bridgehead atoms. The van der Waals surface area contributed by atoms with Crippen LogP contribution in [0.3, 0.4) is 0 Å². The first-order chi connectivity index (χ1) is 13.5. The predicted molar refractivity (Wildman–Crippen MR) is 109 cm³/mol. The van der Waals surface area contributed by atoms with Crippen LogP contribution < -0.4 is 4.74 Å². The summed E-state index contributed by atoms with van der Waals surface area (Å²) in [4.78, 5) is 28.3. The Bertz CT molecular complexity index is 998. The van der Waals surface area contributed by atoms with Gasteiger partial charge in [-0.15, -0.1) is 11.3 Å². The Morgan fingerprint density at radius 3 is 2.57 bits per heavy atom. The highest BCUT2D eigenvalue weighted by molar-refractivity contribution is 7.13. The molecule has 0 unspecified atom stereocenters. The lowest BCUT2D eigenvalue weighted by atomic mass is 10.0. The van der Waals surface area contributed by atoms with E-state index in [2.05, 4.69) is 4.98 Å². The predicted octanol–water partition coefficient (Wildman–Crippen LogP) is 4.96. The first-order valence-corrected chi connectivity index (χ1v) is 9.76. The number of nitrogens with zero attached hydrogens (tertiary/aromatic N) is 1. The van der Waals surface area contributed by atoms with Crippen molar-refractivity contribution in [3.63, 3.8) is 0 Å². The summed E-state index contributed by atoms with van der Waals surface area (Å²) in [6.07, 6.45) is 0.0124. The first-order valence-electron chi connectivity index (χ1n) is 8.50. The van der Waals surface area contributed by atoms with E-state index >= 15 is 0 Å². The summed E-state index contributed by atoms with van der Waals surface area (Å²) in [5, 5.41) is 3.35. The van der Waals surface area contributed by atoms with Crippen LogP contribution in [-0.2, 0) is 22.6 Å². The van der Waals surface area contributed by atoms with E-state index in [4.69, 9.17) is 21.1 Å². The second-order valence-corrected chi connectivity index (χ2v) is 7.37. The molecule has 2 aromatic carbocycles. The second-order valence-electron chi connectivity index (χ2n) is 6.07. The van der Waals surface area contributed by atoms with Gasteiger partial charge in [0.15, 0.2) is 5.78 Å². The number of benzene rings is 2. The number of hydrogen-bond donors (Lipinski definition) is 0. The standard InChI is InChI=1S/C21H18ClNO4S/c1-13(24)15-5-8-19(26-2)16(9-15)10-20(25)27-11-18-12-28-21(23-18)14-3-6-17(22)7-4-14/h3-9,12H,10-11H2,1-2H3. The molecule has 28 heavy (non-hydrogen) atoms. The fourth-order valence-corrected chi connectivity index (χ4v) is 3.53. The summed E-state index contributed by atoms with van der Waals surface area (Å²) in [6.45, 7) is 1.56. The molecule has 0 fully saturated rings. The van der Waals surface area contributed by atoms with Crippen LogP contribution in [0.2, 0.25) is 5.02 Å². The summed E-state index contributed by atoms with van der Waals surface area (Å²) < 4.78 is 10.6. The summed E-state index contributed by atoms with van der Waals surface area (Å²) >= 11 is 7.37. The highest BCUT2D eigenvalue weighted by Crippen LogP contribution is 2.26. The van der Waals surface area contributed by atoms with Gasteiger partial charge in [0.25, 0.3) is 0 Å². The minimum absolute atomic E-state index is 0.0124. The second kappa shape index (κ2) is 8.99. The van der Waals surface area contributed by atoms with Crippen molar-refractivity contribution < 1.29 is 19.1 Å². The Balaban J connectivity index is 1.63. The SMILES string of the molecule is COc1ccc(C(C)=O)cc1CC(=O)OCc1csc(-c2ccc(Cl)cc2)n1. The molecular formula is C21H18ClNO4S. The van der Waals surface area contributed by atoms with Gasteiger partial charge in [0, 0.05) is 27.1 Å². The molecule has 3 rings (SSSR count). The van der Waals surface area contributed by atoms with Gasteiger partial charge >= 0.3 is 5.97 Å². The van der Waals surface area contributed by atoms with Crippen LogP contribution in [0.5, 0.6) is 5.75 Å². The number of ether oxygens (including phenoxy) is 2. The van der Waals surface area contributed by atoms with Crippen LogP contribution in [-0.4, -0.2) is 23.8 Å². The van der Waals surface area contributed by atoms with Crippen LogP contribution in [0.1, 0.15) is 28.5 Å². The summed E-state index contributed by atoms with van der Waals surface area (Å²) in [5.74, 6) is 0.0511. The molecule has 0 amide bonds. The number of Topliss-reactive ketones (excluding diaryl/α,β-unsaturated/α-hetero) is 1. The smallest absolute Gasteiger partial charge is 0.310 e. The van der Waals surface area contributed by atoms with Crippen LogP contribution in [0.25, 0.3) is 10.6 Å². The van der Waals surface area contributed by atoms with Gasteiger partial charge in [0.1, 0.15) is 17.4 Å². The van der Waals surface area contributed by atoms with Crippen molar-refractivity contribution in [2.75, 3.05) is 7.11 Å². The molecule has 7 heteroatoms. The number of aromatic nitrogens is 1. The van der Waals surface area contributed by atoms with Crippen LogP contribution >= 0.6 is 22.9 Å². The van der Waals surface area contributed by atoms with Gasteiger partial charge in [0.2, 0.25) is 0 Å². The molecule has 5 nitrogen and oxygen atoms in total. The number of methoxy groups -OCH3 is 1. The van der Waals surface area contributed by atoms with Crippen molar-refractivity contribution in [1.82, 2.24) is 4.98 Å². The molecule has 0 spiro atoms. The van der Waals surface area contributed by atoms with Crippen molar-refractivity contribution in [1.29, 1.82) is 0 Å². The molecule has 0 aliphatic heterocycles. The van der Waals surface area contributed by atoms with Crippen molar-refractivity contribution >= 4 is 34.7 Å². The topological polar surface area (TPSA) is 65.5 Å². The van der Waals surface area contributed by atoms with E-state index in [9.17, 15) is 9.59 Å². The van der Waals surface area contributed by atoms with Gasteiger partial charge in [-0.3, -0.25) is 9.59 Å². The molecule has 3 aromatic rings. The number of thiazole rings is 1.